The SMILES string of the molecule is CC(C)N(CCCl)/N=N/c1nc2ncnc(N)c2[nH]1. The third-order valence-corrected chi connectivity index (χ3v) is 2.64. The van der Waals surface area contributed by atoms with Gasteiger partial charge in [0.2, 0.25) is 0 Å². The molecule has 3 N–H and O–H groups in total. The number of nitrogens with two attached hydrogens (primary N) is 1. The summed E-state index contributed by atoms with van der Waals surface area (Å²) in [6.45, 7) is 4.63. The molecular formula is C10H15ClN8. The molecule has 0 fully saturated rings. The van der Waals surface area contributed by atoms with Crippen LogP contribution in [0.25, 0.3) is 11.2 Å². The van der Waals surface area contributed by atoms with Crippen molar-refractivity contribution in [3.8, 4) is 0 Å². The number of nitrogens with one attached hydrogen (secondary N) is 1. The number of H-pyrrole nitrogens is 1. The Hall–Kier alpha value is -1.96. The number of aromatic nitrogens is 4. The zero-order valence-electron chi connectivity index (χ0n) is 10.7. The van der Waals surface area contributed by atoms with Gasteiger partial charge in [0, 0.05) is 11.9 Å². The van der Waals surface area contributed by atoms with Gasteiger partial charge in [-0.1, -0.05) is 10.3 Å². The lowest BCUT2D eigenvalue weighted by Crippen LogP contribution is -2.26. The Morgan fingerprint density at radius 3 is 2.89 bits per heavy atom. The van der Waals surface area contributed by atoms with E-state index in [1.807, 2.05) is 13.8 Å². The molecule has 19 heavy (non-hydrogen) atoms. The zero-order valence-corrected chi connectivity index (χ0v) is 11.5. The standard InChI is InChI=1S/C10H15ClN8/c1-6(2)19(4-3-11)18-17-10-15-7-8(12)13-5-14-9(7)16-10/h5-6H,3-4H2,1-2H3,(H3,12,13,14,15,16)/b18-17+. The van der Waals surface area contributed by atoms with E-state index >= 15 is 0 Å². The van der Waals surface area contributed by atoms with E-state index in [0.29, 0.717) is 35.4 Å². The smallest absolute Gasteiger partial charge is 0.251 e. The van der Waals surface area contributed by atoms with Crippen molar-refractivity contribution in [2.24, 2.45) is 10.3 Å². The van der Waals surface area contributed by atoms with E-state index in [-0.39, 0.29) is 6.04 Å². The van der Waals surface area contributed by atoms with Crippen molar-refractivity contribution in [2.45, 2.75) is 19.9 Å². The Labute approximate surface area is 115 Å². The number of rotatable bonds is 5. The summed E-state index contributed by atoms with van der Waals surface area (Å²) in [4.78, 5) is 14.9. The number of nitrogen functional groups attached to an aromatic ring is 1. The predicted octanol–water partition coefficient (Wildman–Crippen LogP) is 1.88. The molecule has 0 aliphatic carbocycles. The van der Waals surface area contributed by atoms with Crippen LogP contribution in [-0.4, -0.2) is 43.4 Å². The fourth-order valence-electron chi connectivity index (χ4n) is 1.47. The summed E-state index contributed by atoms with van der Waals surface area (Å²) in [5.74, 6) is 1.15. The van der Waals surface area contributed by atoms with E-state index in [1.165, 1.54) is 6.33 Å². The molecule has 0 saturated heterocycles. The summed E-state index contributed by atoms with van der Waals surface area (Å²) in [7, 11) is 0. The molecule has 2 heterocycles. The molecule has 0 aromatic carbocycles. The van der Waals surface area contributed by atoms with Gasteiger partial charge in [0.25, 0.3) is 5.95 Å². The number of anilines is 1. The van der Waals surface area contributed by atoms with Gasteiger partial charge in [0.1, 0.15) is 11.8 Å². The van der Waals surface area contributed by atoms with Crippen molar-refractivity contribution in [1.29, 1.82) is 0 Å². The topological polar surface area (TPSA) is 108 Å². The lowest BCUT2D eigenvalue weighted by molar-refractivity contribution is 0.230. The van der Waals surface area contributed by atoms with Crippen molar-refractivity contribution >= 4 is 34.5 Å². The van der Waals surface area contributed by atoms with Crippen LogP contribution < -0.4 is 5.73 Å². The first kappa shape index (κ1) is 13.5. The van der Waals surface area contributed by atoms with Gasteiger partial charge in [-0.25, -0.2) is 9.97 Å². The van der Waals surface area contributed by atoms with E-state index in [4.69, 9.17) is 17.3 Å². The molecule has 0 amide bonds. The van der Waals surface area contributed by atoms with Crippen LogP contribution in [0.2, 0.25) is 0 Å². The second kappa shape index (κ2) is 5.79. The fraction of sp³-hybridized carbons (Fsp3) is 0.500. The molecule has 0 aliphatic heterocycles. The molecule has 0 atom stereocenters. The maximum Gasteiger partial charge on any atom is 0.251 e. The highest BCUT2D eigenvalue weighted by Gasteiger charge is 2.08. The van der Waals surface area contributed by atoms with Crippen LogP contribution in [0.5, 0.6) is 0 Å². The van der Waals surface area contributed by atoms with Gasteiger partial charge >= 0.3 is 0 Å². The number of alkyl halides is 1. The quantitative estimate of drug-likeness (QED) is 0.494. The number of hydrogen-bond acceptors (Lipinski definition) is 6. The number of nitrogens with zero attached hydrogens (tertiary/aromatic N) is 6. The van der Waals surface area contributed by atoms with Crippen LogP contribution >= 0.6 is 11.6 Å². The number of hydrogen-bond donors (Lipinski definition) is 2. The van der Waals surface area contributed by atoms with Crippen molar-refractivity contribution in [2.75, 3.05) is 18.2 Å². The molecule has 2 aromatic heterocycles. The first-order chi connectivity index (χ1) is 9.11. The highest BCUT2D eigenvalue weighted by atomic mass is 35.5. The van der Waals surface area contributed by atoms with E-state index in [9.17, 15) is 0 Å². The second-order valence-corrected chi connectivity index (χ2v) is 4.53. The van der Waals surface area contributed by atoms with Gasteiger partial charge < -0.3 is 10.7 Å². The van der Waals surface area contributed by atoms with E-state index in [2.05, 4.69) is 30.3 Å². The Morgan fingerprint density at radius 2 is 2.26 bits per heavy atom. The average molecular weight is 283 g/mol. The number of aromatic amines is 1. The Balaban J connectivity index is 2.22. The van der Waals surface area contributed by atoms with E-state index in [0.717, 1.165) is 0 Å². The van der Waals surface area contributed by atoms with Gasteiger partial charge in [0.15, 0.2) is 11.5 Å². The predicted molar refractivity (Wildman–Crippen MR) is 73.2 cm³/mol. The van der Waals surface area contributed by atoms with Gasteiger partial charge in [0.05, 0.1) is 6.54 Å². The molecule has 0 spiro atoms. The number of fused-ring (bicyclic) bond motifs is 1. The third-order valence-electron chi connectivity index (χ3n) is 2.47. The Morgan fingerprint density at radius 1 is 1.47 bits per heavy atom. The fourth-order valence-corrected chi connectivity index (χ4v) is 1.65. The Bertz CT molecular complexity index is 578. The Kier molecular flexibility index (Phi) is 4.10. The minimum Gasteiger partial charge on any atom is -0.382 e. The van der Waals surface area contributed by atoms with Crippen molar-refractivity contribution in [3.63, 3.8) is 0 Å². The minimum atomic E-state index is 0.205. The molecule has 0 radical (unpaired) electrons. The lowest BCUT2D eigenvalue weighted by atomic mass is 10.4. The first-order valence-corrected chi connectivity index (χ1v) is 6.35. The molecule has 0 bridgehead atoms. The molecule has 0 saturated carbocycles. The minimum absolute atomic E-state index is 0.205. The van der Waals surface area contributed by atoms with Gasteiger partial charge in [-0.15, -0.1) is 11.6 Å². The van der Waals surface area contributed by atoms with E-state index < -0.39 is 0 Å². The average Bonchev–Trinajstić information content (AvgIpc) is 2.78. The summed E-state index contributed by atoms with van der Waals surface area (Å²) in [5, 5.41) is 9.90. The van der Waals surface area contributed by atoms with Crippen LogP contribution in [0.4, 0.5) is 11.8 Å². The normalized spacial score (nSPS) is 11.8. The molecule has 8 nitrogen and oxygen atoms in total. The van der Waals surface area contributed by atoms with Crippen LogP contribution in [0.1, 0.15) is 13.8 Å². The molecule has 9 heteroatoms. The van der Waals surface area contributed by atoms with Crippen molar-refractivity contribution < 1.29 is 0 Å². The number of imidazole rings is 1. The summed E-state index contributed by atoms with van der Waals surface area (Å²) < 4.78 is 0. The third kappa shape index (κ3) is 3.08. The van der Waals surface area contributed by atoms with Crippen LogP contribution in [0, 0.1) is 0 Å². The van der Waals surface area contributed by atoms with Gasteiger partial charge in [-0.3, -0.25) is 5.01 Å². The van der Waals surface area contributed by atoms with Crippen LogP contribution in [0.15, 0.2) is 16.7 Å². The van der Waals surface area contributed by atoms with Crippen molar-refractivity contribution in [3.05, 3.63) is 6.33 Å². The molecule has 0 aliphatic rings. The zero-order chi connectivity index (χ0) is 13.8. The summed E-state index contributed by atoms with van der Waals surface area (Å²) in [6, 6.07) is 0.205. The molecule has 0 unspecified atom stereocenters. The van der Waals surface area contributed by atoms with Crippen LogP contribution in [0.3, 0.4) is 0 Å². The first-order valence-electron chi connectivity index (χ1n) is 5.82. The summed E-state index contributed by atoms with van der Waals surface area (Å²) >= 11 is 5.71. The summed E-state index contributed by atoms with van der Waals surface area (Å²) in [6.07, 6.45) is 1.35. The monoisotopic (exact) mass is 282 g/mol. The maximum atomic E-state index is 5.71. The van der Waals surface area contributed by atoms with E-state index in [1.54, 1.807) is 5.01 Å². The number of halogens is 1. The second-order valence-electron chi connectivity index (χ2n) is 4.15. The molecule has 102 valence electrons. The van der Waals surface area contributed by atoms with Crippen LogP contribution in [-0.2, 0) is 0 Å². The molecule has 2 rings (SSSR count). The molecular weight excluding hydrogens is 268 g/mol. The van der Waals surface area contributed by atoms with Gasteiger partial charge in [-0.05, 0) is 13.8 Å². The highest BCUT2D eigenvalue weighted by Crippen LogP contribution is 2.18. The lowest BCUT2D eigenvalue weighted by Gasteiger charge is -2.19. The largest absolute Gasteiger partial charge is 0.382 e. The van der Waals surface area contributed by atoms with Crippen molar-refractivity contribution in [1.82, 2.24) is 24.9 Å². The summed E-state index contributed by atoms with van der Waals surface area (Å²) in [5.41, 5.74) is 6.73. The molecule has 2 aromatic rings. The maximum absolute atomic E-state index is 5.71. The highest BCUT2D eigenvalue weighted by molar-refractivity contribution is 6.18. The van der Waals surface area contributed by atoms with Gasteiger partial charge in [-0.2, -0.15) is 4.98 Å².